The molecule has 7 nitrogen and oxygen atoms in total. The van der Waals surface area contributed by atoms with E-state index in [-0.39, 0.29) is 23.5 Å². The summed E-state index contributed by atoms with van der Waals surface area (Å²) in [4.78, 5) is 37.9. The predicted molar refractivity (Wildman–Crippen MR) is 68.7 cm³/mol. The highest BCUT2D eigenvalue weighted by Gasteiger charge is 2.53. The molecule has 2 atom stereocenters. The van der Waals surface area contributed by atoms with Crippen LogP contribution in [0, 0.1) is 0 Å². The third kappa shape index (κ3) is 1.77. The van der Waals surface area contributed by atoms with Crippen LogP contribution in [0.4, 0.5) is 0 Å². The fraction of sp³-hybridized carbons (Fsp3) is 0.357. The first-order valence-corrected chi connectivity index (χ1v) is 6.33. The highest BCUT2D eigenvalue weighted by Crippen LogP contribution is 2.40. The molecule has 1 saturated heterocycles. The van der Waals surface area contributed by atoms with Crippen LogP contribution >= 0.6 is 0 Å². The summed E-state index contributed by atoms with van der Waals surface area (Å²) in [7, 11) is 2.43. The highest BCUT2D eigenvalue weighted by atomic mass is 16.5. The largest absolute Gasteiger partial charge is 0.471 e. The minimum absolute atomic E-state index is 0.0279. The fourth-order valence-electron chi connectivity index (χ4n) is 2.86. The zero-order chi connectivity index (χ0) is 15.1. The van der Waals surface area contributed by atoms with E-state index < -0.39 is 24.0 Å². The molecule has 0 bridgehead atoms. The molecule has 0 radical (unpaired) electrons. The Hall–Kier alpha value is -2.57. The number of ether oxygens (including phenoxy) is 3. The van der Waals surface area contributed by atoms with Crippen molar-refractivity contribution in [1.82, 2.24) is 4.90 Å². The normalized spacial score (nSPS) is 26.1. The number of ketones is 1. The Morgan fingerprint density at radius 2 is 1.90 bits per heavy atom. The summed E-state index contributed by atoms with van der Waals surface area (Å²) >= 11 is 0. The van der Waals surface area contributed by atoms with Crippen molar-refractivity contribution >= 4 is 17.7 Å². The second-order valence-electron chi connectivity index (χ2n) is 4.71. The molecule has 3 heterocycles. The number of hydrogen-bond donors (Lipinski definition) is 0. The lowest BCUT2D eigenvalue weighted by Gasteiger charge is -2.38. The van der Waals surface area contributed by atoms with Crippen molar-refractivity contribution in [3.8, 4) is 0 Å². The maximum atomic E-state index is 12.2. The molecule has 110 valence electrons. The molecule has 0 aromatic heterocycles. The number of carbonyl (C=O) groups excluding carboxylic acids is 3. The van der Waals surface area contributed by atoms with Gasteiger partial charge in [0.15, 0.2) is 18.3 Å². The van der Waals surface area contributed by atoms with Crippen LogP contribution in [0.3, 0.4) is 0 Å². The van der Waals surface area contributed by atoms with E-state index in [0.29, 0.717) is 5.88 Å². The minimum Gasteiger partial charge on any atom is -0.471 e. The number of Topliss-reactive ketones (excluding diaryl/α,β-unsaturated/α-hetero) is 1. The first-order valence-electron chi connectivity index (χ1n) is 6.33. The number of methoxy groups -OCH3 is 2. The molecule has 7 heteroatoms. The molecule has 0 aromatic rings. The molecule has 3 aliphatic rings. The predicted octanol–water partition coefficient (Wildman–Crippen LogP) is -0.308. The smallest absolute Gasteiger partial charge is 0.336 e. The van der Waals surface area contributed by atoms with Crippen LogP contribution in [0.1, 0.15) is 0 Å². The Balaban J connectivity index is 2.19. The summed E-state index contributed by atoms with van der Waals surface area (Å²) < 4.78 is 14.8. The second-order valence-corrected chi connectivity index (χ2v) is 4.71. The maximum absolute atomic E-state index is 12.2. The summed E-state index contributed by atoms with van der Waals surface area (Å²) in [5.74, 6) is -1.22. The number of hydrogen-bond acceptors (Lipinski definition) is 7. The highest BCUT2D eigenvalue weighted by molar-refractivity contribution is 6.09. The summed E-state index contributed by atoms with van der Waals surface area (Å²) in [5.41, 5.74) is 0.148. The SMILES string of the molecule is COC(=O)C1=C(C(=O)OC)C2C(=O)COC3=CC=CC1N32. The average molecular weight is 291 g/mol. The third-order valence-electron chi connectivity index (χ3n) is 3.70. The fourth-order valence-corrected chi connectivity index (χ4v) is 2.86. The molecule has 0 aliphatic carbocycles. The number of allylic oxidation sites excluding steroid dienone is 2. The van der Waals surface area contributed by atoms with Gasteiger partial charge in [-0.25, -0.2) is 9.59 Å². The third-order valence-corrected chi connectivity index (χ3v) is 3.70. The first kappa shape index (κ1) is 13.4. The van der Waals surface area contributed by atoms with Crippen LogP contribution in [0.25, 0.3) is 0 Å². The van der Waals surface area contributed by atoms with Gasteiger partial charge in [0.05, 0.1) is 31.4 Å². The molecule has 0 amide bonds. The number of rotatable bonds is 2. The van der Waals surface area contributed by atoms with Crippen molar-refractivity contribution in [1.29, 1.82) is 0 Å². The molecule has 0 aromatic carbocycles. The summed E-state index contributed by atoms with van der Waals surface area (Å²) in [6.07, 6.45) is 5.11. The van der Waals surface area contributed by atoms with Crippen LogP contribution in [-0.4, -0.2) is 55.5 Å². The lowest BCUT2D eigenvalue weighted by Crippen LogP contribution is -2.49. The van der Waals surface area contributed by atoms with Crippen molar-refractivity contribution < 1.29 is 28.6 Å². The van der Waals surface area contributed by atoms with Gasteiger partial charge < -0.3 is 19.1 Å². The molecule has 2 unspecified atom stereocenters. The van der Waals surface area contributed by atoms with Crippen LogP contribution in [0.2, 0.25) is 0 Å². The van der Waals surface area contributed by atoms with Gasteiger partial charge in [-0.3, -0.25) is 4.79 Å². The van der Waals surface area contributed by atoms with E-state index in [2.05, 4.69) is 0 Å². The number of esters is 2. The van der Waals surface area contributed by atoms with Gasteiger partial charge in [0.25, 0.3) is 0 Å². The topological polar surface area (TPSA) is 82.1 Å². The quantitative estimate of drug-likeness (QED) is 0.645. The van der Waals surface area contributed by atoms with Crippen LogP contribution < -0.4 is 0 Å². The van der Waals surface area contributed by atoms with Crippen molar-refractivity contribution in [3.05, 3.63) is 35.3 Å². The summed E-state index contributed by atoms with van der Waals surface area (Å²) in [6.45, 7) is -0.150. The molecule has 0 N–H and O–H groups in total. The Labute approximate surface area is 120 Å². The Morgan fingerprint density at radius 3 is 2.57 bits per heavy atom. The van der Waals surface area contributed by atoms with Crippen LogP contribution in [0.15, 0.2) is 35.3 Å². The van der Waals surface area contributed by atoms with Gasteiger partial charge in [0.2, 0.25) is 0 Å². The van der Waals surface area contributed by atoms with Gasteiger partial charge in [-0.1, -0.05) is 12.2 Å². The summed E-state index contributed by atoms with van der Waals surface area (Å²) in [5, 5.41) is 0. The molecular formula is C14H13NO6. The molecule has 21 heavy (non-hydrogen) atoms. The summed E-state index contributed by atoms with van der Waals surface area (Å²) in [6, 6.07) is -1.44. The van der Waals surface area contributed by atoms with Gasteiger partial charge in [-0.2, -0.15) is 0 Å². The van der Waals surface area contributed by atoms with E-state index >= 15 is 0 Å². The maximum Gasteiger partial charge on any atom is 0.336 e. The zero-order valence-electron chi connectivity index (χ0n) is 11.5. The lowest BCUT2D eigenvalue weighted by atomic mass is 9.99. The van der Waals surface area contributed by atoms with Crippen molar-refractivity contribution in [2.24, 2.45) is 0 Å². The minimum atomic E-state index is -0.874. The Bertz CT molecular complexity index is 629. The number of carbonyl (C=O) groups is 3. The number of nitrogens with zero attached hydrogens (tertiary/aromatic N) is 1. The molecule has 3 rings (SSSR count). The van der Waals surface area contributed by atoms with Crippen LogP contribution in [0.5, 0.6) is 0 Å². The molecular weight excluding hydrogens is 278 g/mol. The molecule has 3 aliphatic heterocycles. The van der Waals surface area contributed by atoms with Crippen molar-refractivity contribution in [3.63, 3.8) is 0 Å². The van der Waals surface area contributed by atoms with Gasteiger partial charge in [0, 0.05) is 0 Å². The monoisotopic (exact) mass is 291 g/mol. The van der Waals surface area contributed by atoms with E-state index in [1.54, 1.807) is 23.1 Å². The van der Waals surface area contributed by atoms with Gasteiger partial charge >= 0.3 is 11.9 Å². The molecule has 1 fully saturated rings. The van der Waals surface area contributed by atoms with Crippen molar-refractivity contribution in [2.75, 3.05) is 20.8 Å². The van der Waals surface area contributed by atoms with E-state index in [0.717, 1.165) is 0 Å². The van der Waals surface area contributed by atoms with Gasteiger partial charge in [0.1, 0.15) is 6.04 Å². The van der Waals surface area contributed by atoms with E-state index in [4.69, 9.17) is 14.2 Å². The van der Waals surface area contributed by atoms with Gasteiger partial charge in [-0.05, 0) is 6.08 Å². The second kappa shape index (κ2) is 4.76. The Morgan fingerprint density at radius 1 is 1.24 bits per heavy atom. The zero-order valence-corrected chi connectivity index (χ0v) is 11.5. The van der Waals surface area contributed by atoms with Gasteiger partial charge in [-0.15, -0.1) is 0 Å². The lowest BCUT2D eigenvalue weighted by molar-refractivity contribution is -0.141. The van der Waals surface area contributed by atoms with Crippen molar-refractivity contribution in [2.45, 2.75) is 12.1 Å². The van der Waals surface area contributed by atoms with E-state index in [9.17, 15) is 14.4 Å². The van der Waals surface area contributed by atoms with E-state index in [1.165, 1.54) is 14.2 Å². The van der Waals surface area contributed by atoms with Crippen LogP contribution in [-0.2, 0) is 28.6 Å². The first-order chi connectivity index (χ1) is 10.1. The van der Waals surface area contributed by atoms with E-state index in [1.807, 2.05) is 0 Å². The molecule has 0 spiro atoms. The average Bonchev–Trinajstić information content (AvgIpc) is 2.86. The Kier molecular flexibility index (Phi) is 3.04. The standard InChI is InChI=1S/C14H13NO6/c1-19-13(17)10-7-4-3-5-9-15(7)12(8(16)6-21-9)11(10)14(18)20-2/h3-5,7,12H,6H2,1-2H3. The molecule has 0 saturated carbocycles.